The van der Waals surface area contributed by atoms with Crippen LogP contribution in [-0.2, 0) is 11.3 Å². The number of hydrogen-bond donors (Lipinski definition) is 1. The van der Waals surface area contributed by atoms with Crippen LogP contribution in [-0.4, -0.2) is 60.6 Å². The summed E-state index contributed by atoms with van der Waals surface area (Å²) in [5.41, 5.74) is 1.08. The van der Waals surface area contributed by atoms with Crippen molar-refractivity contribution in [2.75, 3.05) is 44.7 Å². The Morgan fingerprint density at radius 1 is 1.16 bits per heavy atom. The number of phenols is 1. The number of benzene rings is 1. The minimum Gasteiger partial charge on any atom is -0.508 e. The quantitative estimate of drug-likeness (QED) is 0.867. The van der Waals surface area contributed by atoms with Crippen LogP contribution in [0, 0.1) is 0 Å². The number of phenolic OH excluding ortho intramolecular Hbond substituents is 1. The first-order chi connectivity index (χ1) is 12.0. The fourth-order valence-corrected chi connectivity index (χ4v) is 4.13. The molecule has 1 aromatic carbocycles. The Bertz CT molecular complexity index is 711. The van der Waals surface area contributed by atoms with E-state index in [9.17, 15) is 9.90 Å². The molecule has 1 aliphatic rings. The fraction of sp³-hybridized carbons (Fsp3) is 0.389. The molecule has 5 nitrogen and oxygen atoms in total. The predicted octanol–water partition coefficient (Wildman–Crippen LogP) is 2.89. The summed E-state index contributed by atoms with van der Waals surface area (Å²) in [4.78, 5) is 19.9. The van der Waals surface area contributed by atoms with Crippen molar-refractivity contribution in [1.29, 1.82) is 0 Å². The van der Waals surface area contributed by atoms with Crippen LogP contribution < -0.4 is 4.90 Å². The predicted molar refractivity (Wildman–Crippen MR) is 103 cm³/mol. The number of carbonyl (C=O) groups is 1. The normalized spacial score (nSPS) is 15.0. The van der Waals surface area contributed by atoms with Gasteiger partial charge in [0.05, 0.1) is 10.9 Å². The maximum atomic E-state index is 12.5. The van der Waals surface area contributed by atoms with E-state index in [2.05, 4.69) is 4.90 Å². The van der Waals surface area contributed by atoms with Gasteiger partial charge in [0, 0.05) is 43.3 Å². The highest BCUT2D eigenvalue weighted by molar-refractivity contribution is 7.16. The first-order valence-electron chi connectivity index (χ1n) is 8.26. The Labute approximate surface area is 157 Å². The highest BCUT2D eigenvalue weighted by atomic mass is 35.5. The van der Waals surface area contributed by atoms with Gasteiger partial charge in [0.25, 0.3) is 0 Å². The third-order valence-electron chi connectivity index (χ3n) is 4.31. The van der Waals surface area contributed by atoms with Gasteiger partial charge in [0.1, 0.15) is 5.75 Å². The smallest absolute Gasteiger partial charge is 0.236 e. The van der Waals surface area contributed by atoms with Gasteiger partial charge >= 0.3 is 0 Å². The maximum absolute atomic E-state index is 12.5. The Morgan fingerprint density at radius 2 is 1.84 bits per heavy atom. The standard InChI is InChI=1S/C18H22ClN3O2S/c1-20(12-16-6-7-17(19)25-16)13-18(24)22-10-8-21(9-11-22)14-2-4-15(23)5-3-14/h2-7,23H,8-13H2,1H3. The number of aromatic hydroxyl groups is 1. The second kappa shape index (κ2) is 8.08. The zero-order valence-electron chi connectivity index (χ0n) is 14.2. The van der Waals surface area contributed by atoms with Gasteiger partial charge in [-0.25, -0.2) is 0 Å². The van der Waals surface area contributed by atoms with Crippen molar-refractivity contribution in [3.63, 3.8) is 0 Å². The lowest BCUT2D eigenvalue weighted by atomic mass is 10.2. The summed E-state index contributed by atoms with van der Waals surface area (Å²) < 4.78 is 0.778. The van der Waals surface area contributed by atoms with Crippen LogP contribution in [0.4, 0.5) is 5.69 Å². The molecule has 1 fully saturated rings. The Hall–Kier alpha value is -1.76. The molecule has 3 rings (SSSR count). The van der Waals surface area contributed by atoms with Crippen LogP contribution in [0.5, 0.6) is 5.75 Å². The third-order valence-corrected chi connectivity index (χ3v) is 5.52. The summed E-state index contributed by atoms with van der Waals surface area (Å²) in [7, 11) is 1.96. The second-order valence-electron chi connectivity index (χ2n) is 6.26. The van der Waals surface area contributed by atoms with Crippen LogP contribution in [0.1, 0.15) is 4.88 Å². The summed E-state index contributed by atoms with van der Waals surface area (Å²) in [5.74, 6) is 0.433. The van der Waals surface area contributed by atoms with Crippen molar-refractivity contribution in [2.45, 2.75) is 6.54 Å². The highest BCUT2D eigenvalue weighted by Gasteiger charge is 2.22. The SMILES string of the molecule is CN(CC(=O)N1CCN(c2ccc(O)cc2)CC1)Cc1ccc(Cl)s1. The van der Waals surface area contributed by atoms with Crippen molar-refractivity contribution >= 4 is 34.5 Å². The number of piperazine rings is 1. The lowest BCUT2D eigenvalue weighted by molar-refractivity contribution is -0.132. The van der Waals surface area contributed by atoms with E-state index in [-0.39, 0.29) is 11.7 Å². The van der Waals surface area contributed by atoms with E-state index in [1.54, 1.807) is 23.5 Å². The first-order valence-corrected chi connectivity index (χ1v) is 9.45. The van der Waals surface area contributed by atoms with Crippen molar-refractivity contribution < 1.29 is 9.90 Å². The van der Waals surface area contributed by atoms with Crippen molar-refractivity contribution in [3.05, 3.63) is 45.6 Å². The molecule has 0 atom stereocenters. The molecule has 0 radical (unpaired) electrons. The molecule has 0 spiro atoms. The molecule has 0 saturated carbocycles. The van der Waals surface area contributed by atoms with Crippen molar-refractivity contribution in [1.82, 2.24) is 9.80 Å². The van der Waals surface area contributed by atoms with Gasteiger partial charge in [0.15, 0.2) is 0 Å². The Morgan fingerprint density at radius 3 is 2.44 bits per heavy atom. The minimum absolute atomic E-state index is 0.163. The van der Waals surface area contributed by atoms with E-state index in [1.165, 1.54) is 0 Å². The molecule has 1 aliphatic heterocycles. The number of rotatable bonds is 5. The maximum Gasteiger partial charge on any atom is 0.236 e. The topological polar surface area (TPSA) is 47.0 Å². The monoisotopic (exact) mass is 379 g/mol. The van der Waals surface area contributed by atoms with Gasteiger partial charge in [-0.1, -0.05) is 11.6 Å². The number of amides is 1. The van der Waals surface area contributed by atoms with Gasteiger partial charge in [-0.05, 0) is 43.4 Å². The zero-order chi connectivity index (χ0) is 17.8. The van der Waals surface area contributed by atoms with E-state index in [0.29, 0.717) is 6.54 Å². The summed E-state index contributed by atoms with van der Waals surface area (Å²) >= 11 is 7.50. The van der Waals surface area contributed by atoms with Gasteiger partial charge in [-0.2, -0.15) is 0 Å². The lowest BCUT2D eigenvalue weighted by Gasteiger charge is -2.36. The molecule has 7 heteroatoms. The number of nitrogens with zero attached hydrogens (tertiary/aromatic N) is 3. The van der Waals surface area contributed by atoms with Crippen molar-refractivity contribution in [2.24, 2.45) is 0 Å². The molecular formula is C18H22ClN3O2S. The summed E-state index contributed by atoms with van der Waals surface area (Å²) in [6.45, 7) is 4.20. The molecular weight excluding hydrogens is 358 g/mol. The number of anilines is 1. The number of likely N-dealkylation sites (N-methyl/N-ethyl adjacent to an activating group) is 1. The molecule has 1 aromatic heterocycles. The zero-order valence-corrected chi connectivity index (χ0v) is 15.8. The minimum atomic E-state index is 0.163. The van der Waals surface area contributed by atoms with Gasteiger partial charge in [-0.15, -0.1) is 11.3 Å². The number of carbonyl (C=O) groups excluding carboxylic acids is 1. The average molecular weight is 380 g/mol. The van der Waals surface area contributed by atoms with Gasteiger partial charge in [0.2, 0.25) is 5.91 Å². The fourth-order valence-electron chi connectivity index (χ4n) is 2.97. The molecule has 0 bridgehead atoms. The van der Waals surface area contributed by atoms with E-state index in [4.69, 9.17) is 11.6 Å². The van der Waals surface area contributed by atoms with Crippen LogP contribution in [0.25, 0.3) is 0 Å². The van der Waals surface area contributed by atoms with Crippen LogP contribution in [0.2, 0.25) is 4.34 Å². The summed E-state index contributed by atoms with van der Waals surface area (Å²) in [6.07, 6.45) is 0. The number of halogens is 1. The Balaban J connectivity index is 1.47. The third kappa shape index (κ3) is 4.87. The van der Waals surface area contributed by atoms with Crippen LogP contribution in [0.15, 0.2) is 36.4 Å². The molecule has 2 aromatic rings. The number of hydrogen-bond acceptors (Lipinski definition) is 5. The molecule has 0 aliphatic carbocycles. The van der Waals surface area contributed by atoms with Crippen molar-refractivity contribution in [3.8, 4) is 5.75 Å². The van der Waals surface area contributed by atoms with E-state index in [1.807, 2.05) is 41.1 Å². The van der Waals surface area contributed by atoms with Gasteiger partial charge < -0.3 is 14.9 Å². The molecule has 1 N–H and O–H groups in total. The second-order valence-corrected chi connectivity index (χ2v) is 8.06. The molecule has 2 heterocycles. The molecule has 0 unspecified atom stereocenters. The average Bonchev–Trinajstić information content (AvgIpc) is 3.00. The molecule has 1 amide bonds. The van der Waals surface area contributed by atoms with Crippen LogP contribution in [0.3, 0.4) is 0 Å². The van der Waals surface area contributed by atoms with Crippen LogP contribution >= 0.6 is 22.9 Å². The van der Waals surface area contributed by atoms with Gasteiger partial charge in [-0.3, -0.25) is 9.69 Å². The molecule has 134 valence electrons. The summed E-state index contributed by atoms with van der Waals surface area (Å²) in [5, 5.41) is 9.38. The lowest BCUT2D eigenvalue weighted by Crippen LogP contribution is -2.50. The molecule has 1 saturated heterocycles. The molecule has 25 heavy (non-hydrogen) atoms. The van der Waals surface area contributed by atoms with E-state index < -0.39 is 0 Å². The van der Waals surface area contributed by atoms with E-state index in [0.717, 1.165) is 47.6 Å². The Kier molecular flexibility index (Phi) is 5.83. The first kappa shape index (κ1) is 18.0. The summed E-state index contributed by atoms with van der Waals surface area (Å²) in [6, 6.07) is 11.1. The highest BCUT2D eigenvalue weighted by Crippen LogP contribution is 2.22. The largest absolute Gasteiger partial charge is 0.508 e. The van der Waals surface area contributed by atoms with E-state index >= 15 is 0 Å². The number of thiophene rings is 1.